The van der Waals surface area contributed by atoms with E-state index in [2.05, 4.69) is 4.57 Å². The number of hydrogen-bond donors (Lipinski definition) is 0. The number of carbonyl (C=O) groups is 2. The van der Waals surface area contributed by atoms with Crippen molar-refractivity contribution in [3.8, 4) is 5.75 Å². The molecule has 40 heavy (non-hydrogen) atoms. The smallest absolute Gasteiger partial charge is 0.350 e. The molecule has 0 saturated heterocycles. The summed E-state index contributed by atoms with van der Waals surface area (Å²) in [6, 6.07) is 11.8. The van der Waals surface area contributed by atoms with Gasteiger partial charge < -0.3 is 14.0 Å². The van der Waals surface area contributed by atoms with Gasteiger partial charge in [-0.1, -0.05) is 43.5 Å². The molecule has 1 saturated carbocycles. The molecule has 11 heteroatoms. The third-order valence-corrected chi connectivity index (χ3v) is 7.44. The molecule has 206 valence electrons. The van der Waals surface area contributed by atoms with E-state index >= 15 is 0 Å². The van der Waals surface area contributed by atoms with Crippen LogP contribution in [0.1, 0.15) is 71.5 Å². The summed E-state index contributed by atoms with van der Waals surface area (Å²) in [5, 5.41) is 24.6. The van der Waals surface area contributed by atoms with Gasteiger partial charge in [-0.05, 0) is 38.8 Å². The van der Waals surface area contributed by atoms with Crippen LogP contribution < -0.4 is 4.74 Å². The summed E-state index contributed by atoms with van der Waals surface area (Å²) < 4.78 is 13.3. The molecule has 0 atom stereocenters. The first-order chi connectivity index (χ1) is 19.2. The number of carbonyl (C=O) groups excluding carboxylic acids is 2. The Morgan fingerprint density at radius 3 is 2.27 bits per heavy atom. The van der Waals surface area contributed by atoms with Crippen LogP contribution in [0.4, 0.5) is 11.4 Å². The number of hydrogen-bond acceptors (Lipinski definition) is 8. The Morgan fingerprint density at radius 2 is 1.62 bits per heavy atom. The van der Waals surface area contributed by atoms with Crippen molar-refractivity contribution in [2.24, 2.45) is 0 Å². The van der Waals surface area contributed by atoms with E-state index in [0.29, 0.717) is 16.3 Å². The van der Waals surface area contributed by atoms with E-state index in [1.54, 1.807) is 25.1 Å². The maximum absolute atomic E-state index is 13.2. The maximum Gasteiger partial charge on any atom is 0.350 e. The largest absolute Gasteiger partial charge is 0.462 e. The van der Waals surface area contributed by atoms with Crippen LogP contribution in [0.15, 0.2) is 48.5 Å². The van der Waals surface area contributed by atoms with Gasteiger partial charge in [0.25, 0.3) is 11.4 Å². The lowest BCUT2D eigenvalue weighted by molar-refractivity contribution is -0.394. The van der Waals surface area contributed by atoms with Crippen LogP contribution in [0.2, 0.25) is 0 Å². The fourth-order valence-electron chi connectivity index (χ4n) is 5.71. The van der Waals surface area contributed by atoms with E-state index < -0.39 is 38.7 Å². The van der Waals surface area contributed by atoms with Gasteiger partial charge in [0.2, 0.25) is 0 Å². The van der Waals surface area contributed by atoms with E-state index in [9.17, 15) is 29.8 Å². The zero-order chi connectivity index (χ0) is 28.6. The van der Waals surface area contributed by atoms with Crippen molar-refractivity contribution in [3.05, 3.63) is 85.6 Å². The van der Waals surface area contributed by atoms with Crippen molar-refractivity contribution in [2.75, 3.05) is 6.61 Å². The monoisotopic (exact) mass is 545 g/mol. The molecule has 1 aliphatic carbocycles. The van der Waals surface area contributed by atoms with E-state index in [0.717, 1.165) is 66.9 Å². The number of ether oxygens (including phenoxy) is 2. The molecular weight excluding hydrogens is 518 g/mol. The summed E-state index contributed by atoms with van der Waals surface area (Å²) in [7, 11) is 0. The third-order valence-electron chi connectivity index (χ3n) is 7.44. The zero-order valence-corrected chi connectivity index (χ0v) is 22.0. The third kappa shape index (κ3) is 4.63. The first-order valence-electron chi connectivity index (χ1n) is 13.1. The molecule has 11 nitrogen and oxygen atoms in total. The minimum Gasteiger partial charge on any atom is -0.462 e. The Labute approximate surface area is 228 Å². The molecule has 0 N–H and O–H groups in total. The fraction of sp³-hybridized carbons (Fsp3) is 0.310. The summed E-state index contributed by atoms with van der Waals surface area (Å²) >= 11 is 0. The summed E-state index contributed by atoms with van der Waals surface area (Å²) in [5.74, 6) is -1.43. The van der Waals surface area contributed by atoms with Gasteiger partial charge in [0.15, 0.2) is 0 Å². The number of fused-ring (bicyclic) bond motifs is 3. The Morgan fingerprint density at radius 1 is 0.925 bits per heavy atom. The second kappa shape index (κ2) is 10.8. The predicted octanol–water partition coefficient (Wildman–Crippen LogP) is 6.82. The number of aromatic nitrogens is 1. The molecule has 1 heterocycles. The number of nitro benzene ring substituents is 2. The van der Waals surface area contributed by atoms with Crippen LogP contribution in [-0.4, -0.2) is 33.0 Å². The second-order valence-electron chi connectivity index (χ2n) is 9.76. The van der Waals surface area contributed by atoms with Gasteiger partial charge in [0.05, 0.1) is 33.6 Å². The van der Waals surface area contributed by atoms with Crippen molar-refractivity contribution < 1.29 is 28.9 Å². The van der Waals surface area contributed by atoms with Crippen LogP contribution in [0.25, 0.3) is 21.7 Å². The number of nitrogens with zero attached hydrogens (tertiary/aromatic N) is 3. The number of non-ortho nitro benzene ring substituents is 1. The van der Waals surface area contributed by atoms with Crippen LogP contribution >= 0.6 is 0 Å². The zero-order valence-electron chi connectivity index (χ0n) is 22.0. The molecule has 4 aromatic rings. The van der Waals surface area contributed by atoms with Gasteiger partial charge in [-0.15, -0.1) is 0 Å². The van der Waals surface area contributed by atoms with E-state index in [-0.39, 0.29) is 18.4 Å². The molecule has 0 spiro atoms. The van der Waals surface area contributed by atoms with Gasteiger partial charge in [0.1, 0.15) is 11.3 Å². The number of rotatable bonds is 7. The normalized spacial score (nSPS) is 13.8. The van der Waals surface area contributed by atoms with Crippen LogP contribution in [0, 0.1) is 27.2 Å². The Kier molecular flexibility index (Phi) is 7.20. The van der Waals surface area contributed by atoms with Crippen LogP contribution in [-0.2, 0) is 4.74 Å². The topological polar surface area (TPSA) is 144 Å². The number of esters is 2. The molecule has 5 rings (SSSR count). The molecule has 1 aliphatic rings. The van der Waals surface area contributed by atoms with Crippen molar-refractivity contribution in [1.29, 1.82) is 0 Å². The quantitative estimate of drug-likeness (QED) is 0.106. The lowest BCUT2D eigenvalue weighted by atomic mass is 9.94. The van der Waals surface area contributed by atoms with E-state index in [1.165, 1.54) is 0 Å². The van der Waals surface area contributed by atoms with E-state index in [1.807, 2.05) is 19.1 Å². The molecular formula is C29H27N3O8. The molecule has 1 fully saturated rings. The van der Waals surface area contributed by atoms with Gasteiger partial charge in [0, 0.05) is 34.0 Å². The fourth-order valence-corrected chi connectivity index (χ4v) is 5.71. The number of nitro groups is 2. The first kappa shape index (κ1) is 26.8. The lowest BCUT2D eigenvalue weighted by Gasteiger charge is -2.26. The standard InChI is InChI=1S/C29H27N3O8/c1-3-39-29(34)26-17(2)30(18-9-5-4-6-10-18)27-21-12-8-7-11-20(21)25(16-23(26)27)40-28(33)22-14-13-19(31(35)36)15-24(22)32(37)38/h7-8,11-16,18H,3-6,9-10H2,1-2H3. The highest BCUT2D eigenvalue weighted by Crippen LogP contribution is 2.42. The molecule has 0 bridgehead atoms. The van der Waals surface area contributed by atoms with Crippen molar-refractivity contribution >= 4 is 45.0 Å². The molecule has 0 unspecified atom stereocenters. The van der Waals surface area contributed by atoms with Gasteiger partial charge in [-0.25, -0.2) is 9.59 Å². The number of benzene rings is 3. The molecule has 0 amide bonds. The maximum atomic E-state index is 13.2. The van der Waals surface area contributed by atoms with Crippen molar-refractivity contribution in [2.45, 2.75) is 52.0 Å². The van der Waals surface area contributed by atoms with Crippen LogP contribution in [0.5, 0.6) is 5.75 Å². The van der Waals surface area contributed by atoms with Gasteiger partial charge >= 0.3 is 11.9 Å². The van der Waals surface area contributed by atoms with Crippen molar-refractivity contribution in [1.82, 2.24) is 4.57 Å². The van der Waals surface area contributed by atoms with Crippen LogP contribution in [0.3, 0.4) is 0 Å². The second-order valence-corrected chi connectivity index (χ2v) is 9.76. The van der Waals surface area contributed by atoms with Crippen molar-refractivity contribution in [3.63, 3.8) is 0 Å². The van der Waals surface area contributed by atoms with E-state index in [4.69, 9.17) is 9.47 Å². The lowest BCUT2D eigenvalue weighted by Crippen LogP contribution is -2.15. The summed E-state index contributed by atoms with van der Waals surface area (Å²) in [6.07, 6.45) is 5.28. The summed E-state index contributed by atoms with van der Waals surface area (Å²) in [5.41, 5.74) is 0.294. The molecule has 1 aromatic heterocycles. The molecule has 3 aromatic carbocycles. The SMILES string of the molecule is CCOC(=O)c1c(C)n(C2CCCCC2)c2c1cc(OC(=O)c1ccc([N+](=O)[O-])cc1[N+](=O)[O-])c1ccccc12. The Hall–Kier alpha value is -4.80. The highest BCUT2D eigenvalue weighted by Gasteiger charge is 2.30. The average molecular weight is 546 g/mol. The minimum atomic E-state index is -1.05. The highest BCUT2D eigenvalue weighted by molar-refractivity contribution is 6.17. The first-order valence-corrected chi connectivity index (χ1v) is 13.1. The minimum absolute atomic E-state index is 0.104. The Balaban J connectivity index is 1.71. The Bertz CT molecular complexity index is 1680. The van der Waals surface area contributed by atoms with Gasteiger partial charge in [-0.3, -0.25) is 20.2 Å². The van der Waals surface area contributed by atoms with Gasteiger partial charge in [-0.2, -0.15) is 0 Å². The average Bonchev–Trinajstić information content (AvgIpc) is 3.25. The molecule has 0 radical (unpaired) electrons. The highest BCUT2D eigenvalue weighted by atomic mass is 16.6. The summed E-state index contributed by atoms with van der Waals surface area (Å²) in [6.45, 7) is 3.81. The summed E-state index contributed by atoms with van der Waals surface area (Å²) in [4.78, 5) is 47.6. The predicted molar refractivity (Wildman–Crippen MR) is 147 cm³/mol. The molecule has 0 aliphatic heterocycles.